The number of carboxylic acid groups (broad SMARTS) is 1. The van der Waals surface area contributed by atoms with E-state index in [9.17, 15) is 24.3 Å². The maximum atomic E-state index is 12.9. The fourth-order valence-corrected chi connectivity index (χ4v) is 3.53. The Bertz CT molecular complexity index is 982. The van der Waals surface area contributed by atoms with Gasteiger partial charge in [-0.15, -0.1) is 0 Å². The third-order valence-corrected chi connectivity index (χ3v) is 5.31. The molecule has 0 aliphatic rings. The van der Waals surface area contributed by atoms with E-state index < -0.39 is 41.8 Å². The number of rotatable bonds is 13. The summed E-state index contributed by atoms with van der Waals surface area (Å²) in [6, 6.07) is 15.3. The molecule has 0 spiro atoms. The Hall–Kier alpha value is -3.72. The van der Waals surface area contributed by atoms with Gasteiger partial charge in [0.15, 0.2) is 0 Å². The summed E-state index contributed by atoms with van der Waals surface area (Å²) in [5.41, 5.74) is 7.60. The predicted molar refractivity (Wildman–Crippen MR) is 132 cm³/mol. The fourth-order valence-electron chi connectivity index (χ4n) is 3.53. The van der Waals surface area contributed by atoms with Crippen molar-refractivity contribution in [2.75, 3.05) is 6.54 Å². The van der Waals surface area contributed by atoms with Gasteiger partial charge in [0.1, 0.15) is 12.1 Å². The molecular formula is C26H34N4O5. The molecule has 3 atom stereocenters. The fraction of sp³-hybridized carbons (Fsp3) is 0.385. The lowest BCUT2D eigenvalue weighted by atomic mass is 10.0. The van der Waals surface area contributed by atoms with Crippen molar-refractivity contribution in [2.45, 2.75) is 51.2 Å². The number of nitrogens with two attached hydrogens (primary N) is 1. The second kappa shape index (κ2) is 13.9. The van der Waals surface area contributed by atoms with Gasteiger partial charge in [-0.1, -0.05) is 74.5 Å². The summed E-state index contributed by atoms with van der Waals surface area (Å²) < 4.78 is 0. The third kappa shape index (κ3) is 9.97. The van der Waals surface area contributed by atoms with Gasteiger partial charge in [0.05, 0.1) is 12.6 Å². The molecule has 0 saturated heterocycles. The van der Waals surface area contributed by atoms with Crippen molar-refractivity contribution in [1.82, 2.24) is 16.0 Å². The standard InChI is InChI=1S/C26H34N4O5/c1-17(2)13-21(25(33)30-22(26(34)35)15-19-11-7-4-8-12-19)29-23(31)16-28-24(32)20(27)14-18-9-5-3-6-10-18/h3-12,17,20-22H,13-16,27H2,1-2H3,(H,28,32)(H,29,31)(H,30,33)(H,34,35). The molecule has 2 rings (SSSR count). The zero-order valence-corrected chi connectivity index (χ0v) is 20.1. The van der Waals surface area contributed by atoms with Gasteiger partial charge in [0, 0.05) is 6.42 Å². The van der Waals surface area contributed by atoms with Crippen molar-refractivity contribution < 1.29 is 24.3 Å². The zero-order chi connectivity index (χ0) is 25.8. The Balaban J connectivity index is 1.92. The number of carboxylic acids is 1. The molecule has 0 radical (unpaired) electrons. The first-order chi connectivity index (χ1) is 16.7. The van der Waals surface area contributed by atoms with Gasteiger partial charge in [-0.3, -0.25) is 14.4 Å². The van der Waals surface area contributed by atoms with Crippen LogP contribution >= 0.6 is 0 Å². The van der Waals surface area contributed by atoms with E-state index in [2.05, 4.69) is 16.0 Å². The molecule has 0 aromatic heterocycles. The topological polar surface area (TPSA) is 151 Å². The van der Waals surface area contributed by atoms with Crippen molar-refractivity contribution in [3.05, 3.63) is 71.8 Å². The van der Waals surface area contributed by atoms with Crippen LogP contribution in [-0.2, 0) is 32.0 Å². The molecule has 0 fully saturated rings. The highest BCUT2D eigenvalue weighted by Gasteiger charge is 2.27. The summed E-state index contributed by atoms with van der Waals surface area (Å²) in [7, 11) is 0. The SMILES string of the molecule is CC(C)CC(NC(=O)CNC(=O)C(N)Cc1ccccc1)C(=O)NC(Cc1ccccc1)C(=O)O. The average molecular weight is 483 g/mol. The Morgan fingerprint density at radius 2 is 1.34 bits per heavy atom. The largest absolute Gasteiger partial charge is 0.480 e. The number of aliphatic carboxylic acids is 1. The molecule has 0 heterocycles. The molecule has 6 N–H and O–H groups in total. The molecule has 0 bridgehead atoms. The van der Waals surface area contributed by atoms with Crippen LogP contribution in [0, 0.1) is 5.92 Å². The first-order valence-corrected chi connectivity index (χ1v) is 11.6. The predicted octanol–water partition coefficient (Wildman–Crippen LogP) is 1.02. The van der Waals surface area contributed by atoms with Gasteiger partial charge in [-0.2, -0.15) is 0 Å². The van der Waals surface area contributed by atoms with Crippen LogP contribution in [0.3, 0.4) is 0 Å². The summed E-state index contributed by atoms with van der Waals surface area (Å²) in [5, 5.41) is 17.2. The van der Waals surface area contributed by atoms with Crippen molar-refractivity contribution in [2.24, 2.45) is 11.7 Å². The minimum atomic E-state index is -1.17. The highest BCUT2D eigenvalue weighted by atomic mass is 16.4. The van der Waals surface area contributed by atoms with Crippen LogP contribution < -0.4 is 21.7 Å². The Morgan fingerprint density at radius 3 is 1.86 bits per heavy atom. The van der Waals surface area contributed by atoms with Crippen LogP contribution in [-0.4, -0.2) is 53.5 Å². The smallest absolute Gasteiger partial charge is 0.326 e. The second-order valence-electron chi connectivity index (χ2n) is 8.85. The van der Waals surface area contributed by atoms with E-state index in [0.717, 1.165) is 11.1 Å². The van der Waals surface area contributed by atoms with Crippen LogP contribution in [0.2, 0.25) is 0 Å². The molecule has 2 aromatic rings. The van der Waals surface area contributed by atoms with E-state index in [-0.39, 0.29) is 18.9 Å². The highest BCUT2D eigenvalue weighted by molar-refractivity contribution is 5.92. The molecule has 0 saturated carbocycles. The molecule has 9 heteroatoms. The van der Waals surface area contributed by atoms with Crippen molar-refractivity contribution in [1.29, 1.82) is 0 Å². The molecule has 188 valence electrons. The van der Waals surface area contributed by atoms with Crippen molar-refractivity contribution >= 4 is 23.7 Å². The third-order valence-electron chi connectivity index (χ3n) is 5.31. The Labute approximate surface area is 205 Å². The van der Waals surface area contributed by atoms with Crippen LogP contribution in [0.1, 0.15) is 31.4 Å². The number of benzene rings is 2. The summed E-state index contributed by atoms with van der Waals surface area (Å²) in [6.45, 7) is 3.42. The van der Waals surface area contributed by atoms with E-state index in [1.807, 2.05) is 50.2 Å². The maximum absolute atomic E-state index is 12.9. The van der Waals surface area contributed by atoms with Gasteiger partial charge in [0.2, 0.25) is 17.7 Å². The van der Waals surface area contributed by atoms with E-state index in [1.165, 1.54) is 0 Å². The van der Waals surface area contributed by atoms with Gasteiger partial charge >= 0.3 is 5.97 Å². The lowest BCUT2D eigenvalue weighted by Gasteiger charge is -2.23. The summed E-state index contributed by atoms with van der Waals surface area (Å²) >= 11 is 0. The van der Waals surface area contributed by atoms with Gasteiger partial charge in [0.25, 0.3) is 0 Å². The van der Waals surface area contributed by atoms with Crippen molar-refractivity contribution in [3.63, 3.8) is 0 Å². The van der Waals surface area contributed by atoms with Crippen LogP contribution in [0.25, 0.3) is 0 Å². The lowest BCUT2D eigenvalue weighted by Crippen LogP contribution is -2.54. The monoisotopic (exact) mass is 482 g/mol. The second-order valence-corrected chi connectivity index (χ2v) is 8.85. The molecular weight excluding hydrogens is 448 g/mol. The number of carbonyl (C=O) groups is 4. The minimum Gasteiger partial charge on any atom is -0.480 e. The van der Waals surface area contributed by atoms with E-state index in [1.54, 1.807) is 24.3 Å². The normalized spacial score (nSPS) is 13.4. The lowest BCUT2D eigenvalue weighted by molar-refractivity contribution is -0.142. The number of hydrogen-bond acceptors (Lipinski definition) is 5. The van der Waals surface area contributed by atoms with E-state index in [4.69, 9.17) is 5.73 Å². The first-order valence-electron chi connectivity index (χ1n) is 11.6. The number of hydrogen-bond donors (Lipinski definition) is 5. The Kier molecular flexibility index (Phi) is 10.9. The molecule has 35 heavy (non-hydrogen) atoms. The van der Waals surface area contributed by atoms with Gasteiger partial charge < -0.3 is 26.8 Å². The van der Waals surface area contributed by atoms with Crippen LogP contribution in [0.15, 0.2) is 60.7 Å². The Morgan fingerprint density at radius 1 is 0.800 bits per heavy atom. The minimum absolute atomic E-state index is 0.0531. The van der Waals surface area contributed by atoms with E-state index >= 15 is 0 Å². The molecule has 9 nitrogen and oxygen atoms in total. The van der Waals surface area contributed by atoms with Gasteiger partial charge in [-0.25, -0.2) is 4.79 Å². The first kappa shape index (κ1) is 27.5. The maximum Gasteiger partial charge on any atom is 0.326 e. The quantitative estimate of drug-likeness (QED) is 0.288. The molecule has 3 unspecified atom stereocenters. The average Bonchev–Trinajstić information content (AvgIpc) is 2.82. The highest BCUT2D eigenvalue weighted by Crippen LogP contribution is 2.08. The van der Waals surface area contributed by atoms with Gasteiger partial charge in [-0.05, 0) is 29.9 Å². The summed E-state index contributed by atoms with van der Waals surface area (Å²) in [5.74, 6) is -2.76. The van der Waals surface area contributed by atoms with Crippen molar-refractivity contribution in [3.8, 4) is 0 Å². The van der Waals surface area contributed by atoms with Crippen LogP contribution in [0.5, 0.6) is 0 Å². The van der Waals surface area contributed by atoms with E-state index in [0.29, 0.717) is 12.8 Å². The molecule has 0 aliphatic carbocycles. The zero-order valence-electron chi connectivity index (χ0n) is 20.1. The number of carbonyl (C=O) groups excluding carboxylic acids is 3. The molecule has 2 aromatic carbocycles. The molecule has 3 amide bonds. The van der Waals surface area contributed by atoms with Crippen LogP contribution in [0.4, 0.5) is 0 Å². The summed E-state index contributed by atoms with van der Waals surface area (Å²) in [6.07, 6.45) is 0.737. The molecule has 0 aliphatic heterocycles. The number of nitrogens with one attached hydrogen (secondary N) is 3. The number of amides is 3. The summed E-state index contributed by atoms with van der Waals surface area (Å²) in [4.78, 5) is 49.3.